The number of hydrogen-bond donors (Lipinski definition) is 0. The van der Waals surface area contributed by atoms with Crippen LogP contribution >= 0.6 is 0 Å². The molecule has 1 aliphatic rings. The van der Waals surface area contributed by atoms with Crippen LogP contribution < -0.4 is 0 Å². The van der Waals surface area contributed by atoms with Crippen molar-refractivity contribution in [2.24, 2.45) is 0 Å². The highest BCUT2D eigenvalue weighted by Gasteiger charge is 2.35. The van der Waals surface area contributed by atoms with E-state index in [0.29, 0.717) is 17.6 Å². The standard InChI is InChI=1S/C58H36N4O2/c1-58(2)47-19-8-5-14-39(47)40-26-23-34(30-48(40)58)38-17-11-18-45-46-29-22-33-12-3-4-13-37(33)53(46)62(54(38)45)57-60-55(35-24-27-43-41-15-6-9-20-49(41)63-51(43)31-35)59-56(61-57)36-25-28-44-42-16-7-10-21-50(42)64-52(44)32-36/h3-32H,1-2H3. The van der Waals surface area contributed by atoms with Gasteiger partial charge in [-0.15, -0.1) is 0 Å². The van der Waals surface area contributed by atoms with Gasteiger partial charge >= 0.3 is 0 Å². The highest BCUT2D eigenvalue weighted by molar-refractivity contribution is 6.21. The van der Waals surface area contributed by atoms with E-state index in [-0.39, 0.29) is 5.41 Å². The number of nitrogens with zero attached hydrogens (tertiary/aromatic N) is 4. The first-order chi connectivity index (χ1) is 31.5. The lowest BCUT2D eigenvalue weighted by atomic mass is 9.81. The van der Waals surface area contributed by atoms with E-state index >= 15 is 0 Å². The van der Waals surface area contributed by atoms with Gasteiger partial charge in [0, 0.05) is 59.8 Å². The van der Waals surface area contributed by atoms with Gasteiger partial charge < -0.3 is 8.83 Å². The molecule has 9 aromatic carbocycles. The lowest BCUT2D eigenvalue weighted by molar-refractivity contribution is 0.660. The molecule has 0 saturated heterocycles. The maximum Gasteiger partial charge on any atom is 0.238 e. The predicted octanol–water partition coefficient (Wildman–Crippen LogP) is 15.2. The van der Waals surface area contributed by atoms with E-state index < -0.39 is 0 Å². The van der Waals surface area contributed by atoms with E-state index in [1.54, 1.807) is 0 Å². The molecule has 0 N–H and O–H groups in total. The summed E-state index contributed by atoms with van der Waals surface area (Å²) in [7, 11) is 0. The summed E-state index contributed by atoms with van der Waals surface area (Å²) in [6, 6.07) is 64.3. The second-order valence-corrected chi connectivity index (χ2v) is 17.6. The fourth-order valence-corrected chi connectivity index (χ4v) is 10.6. The fraction of sp³-hybridized carbons (Fsp3) is 0.0517. The van der Waals surface area contributed by atoms with Crippen molar-refractivity contribution in [1.82, 2.24) is 19.5 Å². The zero-order chi connectivity index (χ0) is 42.3. The van der Waals surface area contributed by atoms with Gasteiger partial charge in [-0.2, -0.15) is 9.97 Å². The Kier molecular flexibility index (Phi) is 7.08. The number of benzene rings is 9. The predicted molar refractivity (Wildman–Crippen MR) is 260 cm³/mol. The third-order valence-electron chi connectivity index (χ3n) is 13.7. The van der Waals surface area contributed by atoms with Gasteiger partial charge in [-0.25, -0.2) is 4.98 Å². The number of furan rings is 2. The normalized spacial score (nSPS) is 13.3. The highest BCUT2D eigenvalue weighted by Crippen LogP contribution is 2.50. The maximum absolute atomic E-state index is 6.42. The van der Waals surface area contributed by atoms with Crippen LogP contribution in [0.25, 0.3) is 127 Å². The lowest BCUT2D eigenvalue weighted by Crippen LogP contribution is -2.14. The monoisotopic (exact) mass is 820 g/mol. The van der Waals surface area contributed by atoms with Gasteiger partial charge in [0.1, 0.15) is 22.3 Å². The largest absolute Gasteiger partial charge is 0.456 e. The lowest BCUT2D eigenvalue weighted by Gasteiger charge is -2.22. The van der Waals surface area contributed by atoms with Crippen molar-refractivity contribution in [3.63, 3.8) is 0 Å². The van der Waals surface area contributed by atoms with Crippen LogP contribution in [0, 0.1) is 0 Å². The minimum absolute atomic E-state index is 0.154. The van der Waals surface area contributed by atoms with Crippen LogP contribution in [0.2, 0.25) is 0 Å². The molecule has 6 nitrogen and oxygen atoms in total. The Bertz CT molecular complexity index is 4000. The summed E-state index contributed by atoms with van der Waals surface area (Å²) in [5.74, 6) is 1.60. The molecule has 4 heterocycles. The van der Waals surface area contributed by atoms with Crippen LogP contribution in [0.3, 0.4) is 0 Å². The topological polar surface area (TPSA) is 69.9 Å². The van der Waals surface area contributed by atoms with Crippen LogP contribution in [0.1, 0.15) is 25.0 Å². The first-order valence-electron chi connectivity index (χ1n) is 21.8. The maximum atomic E-state index is 6.42. The van der Waals surface area contributed by atoms with Crippen molar-refractivity contribution in [3.05, 3.63) is 193 Å². The average Bonchev–Trinajstić information content (AvgIpc) is 4.07. The number of para-hydroxylation sites is 3. The number of fused-ring (bicyclic) bond motifs is 14. The van der Waals surface area contributed by atoms with Gasteiger partial charge in [0.05, 0.1) is 11.0 Å². The first kappa shape index (κ1) is 35.3. The molecular weight excluding hydrogens is 785 g/mol. The van der Waals surface area contributed by atoms with Crippen molar-refractivity contribution in [2.75, 3.05) is 0 Å². The molecule has 6 heteroatoms. The third kappa shape index (κ3) is 4.93. The molecule has 0 atom stereocenters. The van der Waals surface area contributed by atoms with Gasteiger partial charge in [-0.1, -0.05) is 153 Å². The molecule has 300 valence electrons. The molecule has 0 bridgehead atoms. The van der Waals surface area contributed by atoms with Crippen LogP contribution in [-0.2, 0) is 5.41 Å². The number of aromatic nitrogens is 4. The summed E-state index contributed by atoms with van der Waals surface area (Å²) in [5, 5.41) is 8.73. The van der Waals surface area contributed by atoms with E-state index in [9.17, 15) is 0 Å². The van der Waals surface area contributed by atoms with E-state index in [1.165, 1.54) is 22.3 Å². The smallest absolute Gasteiger partial charge is 0.238 e. The summed E-state index contributed by atoms with van der Waals surface area (Å²) in [4.78, 5) is 16.2. The Hall–Kier alpha value is -8.35. The second-order valence-electron chi connectivity index (χ2n) is 17.6. The molecule has 0 saturated carbocycles. The highest BCUT2D eigenvalue weighted by atomic mass is 16.3. The minimum Gasteiger partial charge on any atom is -0.456 e. The van der Waals surface area contributed by atoms with Crippen LogP contribution in [0.15, 0.2) is 191 Å². The van der Waals surface area contributed by atoms with E-state index in [0.717, 1.165) is 98.7 Å². The average molecular weight is 821 g/mol. The molecule has 0 amide bonds. The van der Waals surface area contributed by atoms with Crippen LogP contribution in [0.5, 0.6) is 0 Å². The van der Waals surface area contributed by atoms with Gasteiger partial charge in [0.15, 0.2) is 11.6 Å². The molecule has 0 unspecified atom stereocenters. The van der Waals surface area contributed by atoms with Gasteiger partial charge in [-0.05, 0) is 75.7 Å². The summed E-state index contributed by atoms with van der Waals surface area (Å²) in [6.07, 6.45) is 0. The summed E-state index contributed by atoms with van der Waals surface area (Å²) < 4.78 is 15.1. The Balaban J connectivity index is 1.07. The zero-order valence-electron chi connectivity index (χ0n) is 34.9. The molecule has 0 aliphatic heterocycles. The molecule has 1 aliphatic carbocycles. The van der Waals surface area contributed by atoms with Crippen molar-refractivity contribution >= 4 is 76.5 Å². The second kappa shape index (κ2) is 12.8. The molecule has 0 spiro atoms. The quantitative estimate of drug-likeness (QED) is 0.177. The Labute approximate surface area is 366 Å². The Morgan fingerprint density at radius 3 is 1.62 bits per heavy atom. The van der Waals surface area contributed by atoms with E-state index in [2.05, 4.69) is 164 Å². The molecule has 4 aromatic heterocycles. The zero-order valence-corrected chi connectivity index (χ0v) is 34.9. The molecule has 64 heavy (non-hydrogen) atoms. The van der Waals surface area contributed by atoms with Gasteiger partial charge in [0.25, 0.3) is 0 Å². The molecular formula is C58H36N4O2. The Morgan fingerprint density at radius 1 is 0.375 bits per heavy atom. The third-order valence-corrected chi connectivity index (χ3v) is 13.7. The number of hydrogen-bond acceptors (Lipinski definition) is 5. The molecule has 14 rings (SSSR count). The summed E-state index contributed by atoms with van der Waals surface area (Å²) in [5.41, 5.74) is 14.3. The summed E-state index contributed by atoms with van der Waals surface area (Å²) >= 11 is 0. The minimum atomic E-state index is -0.154. The molecule has 0 radical (unpaired) electrons. The van der Waals surface area contributed by atoms with Crippen molar-refractivity contribution in [2.45, 2.75) is 19.3 Å². The van der Waals surface area contributed by atoms with Crippen molar-refractivity contribution < 1.29 is 8.83 Å². The van der Waals surface area contributed by atoms with Crippen molar-refractivity contribution in [1.29, 1.82) is 0 Å². The van der Waals surface area contributed by atoms with E-state index in [4.69, 9.17) is 23.8 Å². The van der Waals surface area contributed by atoms with E-state index in [1.807, 2.05) is 36.4 Å². The molecule has 0 fully saturated rings. The van der Waals surface area contributed by atoms with Crippen LogP contribution in [0.4, 0.5) is 0 Å². The fourth-order valence-electron chi connectivity index (χ4n) is 10.6. The Morgan fingerprint density at radius 2 is 0.906 bits per heavy atom. The SMILES string of the molecule is CC1(C)c2ccccc2-c2ccc(-c3cccc4c5ccc6ccccc6c5n(-c5nc(-c6ccc7c(c6)oc6ccccc67)nc(-c6ccc7c(c6)oc6ccccc67)n5)c34)cc21. The summed E-state index contributed by atoms with van der Waals surface area (Å²) in [6.45, 7) is 4.68. The van der Waals surface area contributed by atoms with Crippen molar-refractivity contribution in [3.8, 4) is 51.0 Å². The molecule has 13 aromatic rings. The van der Waals surface area contributed by atoms with Crippen LogP contribution in [-0.4, -0.2) is 19.5 Å². The first-order valence-corrected chi connectivity index (χ1v) is 21.8. The van der Waals surface area contributed by atoms with Gasteiger partial charge in [-0.3, -0.25) is 4.57 Å². The number of rotatable bonds is 4. The van der Waals surface area contributed by atoms with Gasteiger partial charge in [0.2, 0.25) is 5.95 Å².